The molecule has 3 heteroatoms. The number of hydrogen-bond donors (Lipinski definition) is 1. The average molecular weight is 264 g/mol. The summed E-state index contributed by atoms with van der Waals surface area (Å²) in [7, 11) is 1.96. The van der Waals surface area contributed by atoms with E-state index in [-0.39, 0.29) is 12.1 Å². The molecule has 3 nitrogen and oxygen atoms in total. The molecule has 3 atom stereocenters. The van der Waals surface area contributed by atoms with E-state index in [2.05, 4.69) is 36.8 Å². The molecule has 0 bridgehead atoms. The van der Waals surface area contributed by atoms with Crippen LogP contribution >= 0.6 is 0 Å². The van der Waals surface area contributed by atoms with Crippen LogP contribution in [0.25, 0.3) is 0 Å². The standard InChI is InChI=1S/C16H28N2O/c1-6-10-18-16(13(4)19-7-2)15(14-8-9-14)11-12(3)17-5/h6,10-11,13-17H,1,7-9H2,2-5H3/b12-11+,18-10?/t13?,15-,16?/m0/s1. The van der Waals surface area contributed by atoms with Crippen molar-refractivity contribution in [2.24, 2.45) is 16.8 Å². The van der Waals surface area contributed by atoms with E-state index in [4.69, 9.17) is 4.74 Å². The minimum atomic E-state index is 0.132. The third-order valence-electron chi connectivity index (χ3n) is 3.67. The predicted octanol–water partition coefficient (Wildman–Crippen LogP) is 3.19. The van der Waals surface area contributed by atoms with Crippen LogP contribution in [-0.4, -0.2) is 32.0 Å². The highest BCUT2D eigenvalue weighted by Crippen LogP contribution is 2.41. The van der Waals surface area contributed by atoms with Gasteiger partial charge in [-0.15, -0.1) is 0 Å². The first-order chi connectivity index (χ1) is 9.13. The maximum atomic E-state index is 5.78. The summed E-state index contributed by atoms with van der Waals surface area (Å²) >= 11 is 0. The van der Waals surface area contributed by atoms with Gasteiger partial charge in [0.25, 0.3) is 0 Å². The molecule has 1 aliphatic carbocycles. The molecule has 1 N–H and O–H groups in total. The SMILES string of the molecule is C=CC=NC(C(C)OCC)[C@@H](/C=C(\C)NC)C1CC1. The maximum absolute atomic E-state index is 5.78. The molecule has 0 aliphatic heterocycles. The van der Waals surface area contributed by atoms with Gasteiger partial charge in [-0.2, -0.15) is 0 Å². The molecular formula is C16H28N2O. The van der Waals surface area contributed by atoms with Gasteiger partial charge in [-0.25, -0.2) is 0 Å². The number of hydrogen-bond acceptors (Lipinski definition) is 3. The molecule has 1 saturated carbocycles. The fraction of sp³-hybridized carbons (Fsp3) is 0.688. The highest BCUT2D eigenvalue weighted by molar-refractivity contribution is 5.70. The second-order valence-corrected chi connectivity index (χ2v) is 5.20. The van der Waals surface area contributed by atoms with Gasteiger partial charge in [0.1, 0.15) is 0 Å². The topological polar surface area (TPSA) is 33.6 Å². The smallest absolute Gasteiger partial charge is 0.0824 e. The Labute approximate surface area is 117 Å². The molecule has 0 aromatic carbocycles. The molecule has 1 rings (SSSR count). The number of nitrogens with one attached hydrogen (secondary N) is 1. The Morgan fingerprint density at radius 2 is 2.21 bits per heavy atom. The Bertz CT molecular complexity index is 332. The first-order valence-corrected chi connectivity index (χ1v) is 7.26. The van der Waals surface area contributed by atoms with E-state index in [0.29, 0.717) is 5.92 Å². The summed E-state index contributed by atoms with van der Waals surface area (Å²) in [5.41, 5.74) is 1.21. The number of ether oxygens (including phenoxy) is 1. The van der Waals surface area contributed by atoms with Crippen LogP contribution < -0.4 is 5.32 Å². The zero-order valence-corrected chi connectivity index (χ0v) is 12.7. The van der Waals surface area contributed by atoms with Crippen molar-refractivity contribution < 1.29 is 4.74 Å². The Morgan fingerprint density at radius 1 is 1.53 bits per heavy atom. The third kappa shape index (κ3) is 5.19. The van der Waals surface area contributed by atoms with E-state index in [0.717, 1.165) is 12.5 Å². The third-order valence-corrected chi connectivity index (χ3v) is 3.67. The van der Waals surface area contributed by atoms with Crippen molar-refractivity contribution in [2.45, 2.75) is 45.8 Å². The normalized spacial score (nSPS) is 21.2. The molecule has 0 amide bonds. The van der Waals surface area contributed by atoms with Crippen molar-refractivity contribution >= 4 is 6.21 Å². The van der Waals surface area contributed by atoms with Crippen LogP contribution in [0.5, 0.6) is 0 Å². The quantitative estimate of drug-likeness (QED) is 0.649. The predicted molar refractivity (Wildman–Crippen MR) is 82.6 cm³/mol. The van der Waals surface area contributed by atoms with E-state index in [1.54, 1.807) is 12.3 Å². The number of aliphatic imine (C=N–C) groups is 1. The van der Waals surface area contributed by atoms with Crippen LogP contribution in [0.4, 0.5) is 0 Å². The van der Waals surface area contributed by atoms with Crippen molar-refractivity contribution in [3.05, 3.63) is 24.4 Å². The lowest BCUT2D eigenvalue weighted by atomic mass is 9.90. The van der Waals surface area contributed by atoms with Crippen LogP contribution in [0.15, 0.2) is 29.4 Å². The summed E-state index contributed by atoms with van der Waals surface area (Å²) < 4.78 is 5.78. The van der Waals surface area contributed by atoms with Gasteiger partial charge >= 0.3 is 0 Å². The van der Waals surface area contributed by atoms with Crippen LogP contribution in [0, 0.1) is 11.8 Å². The van der Waals surface area contributed by atoms with Gasteiger partial charge in [-0.05, 0) is 39.5 Å². The first kappa shape index (κ1) is 16.0. The molecule has 0 spiro atoms. The van der Waals surface area contributed by atoms with E-state index >= 15 is 0 Å². The van der Waals surface area contributed by atoms with E-state index in [1.807, 2.05) is 14.0 Å². The highest BCUT2D eigenvalue weighted by Gasteiger charge is 2.37. The van der Waals surface area contributed by atoms with Gasteiger partial charge < -0.3 is 10.1 Å². The van der Waals surface area contributed by atoms with E-state index in [1.165, 1.54) is 18.5 Å². The fourth-order valence-corrected chi connectivity index (χ4v) is 2.42. The van der Waals surface area contributed by atoms with Crippen molar-refractivity contribution in [3.63, 3.8) is 0 Å². The first-order valence-electron chi connectivity index (χ1n) is 7.26. The molecule has 0 aromatic rings. The highest BCUT2D eigenvalue weighted by atomic mass is 16.5. The van der Waals surface area contributed by atoms with Gasteiger partial charge in [0, 0.05) is 31.5 Å². The average Bonchev–Trinajstić information content (AvgIpc) is 3.22. The lowest BCUT2D eigenvalue weighted by Gasteiger charge is -2.27. The molecule has 0 heterocycles. The monoisotopic (exact) mass is 264 g/mol. The minimum Gasteiger partial charge on any atom is -0.392 e. The van der Waals surface area contributed by atoms with Crippen molar-refractivity contribution in [1.82, 2.24) is 5.32 Å². The van der Waals surface area contributed by atoms with E-state index < -0.39 is 0 Å². The number of allylic oxidation sites excluding steroid dienone is 2. The van der Waals surface area contributed by atoms with Crippen molar-refractivity contribution in [3.8, 4) is 0 Å². The zero-order chi connectivity index (χ0) is 14.3. The summed E-state index contributed by atoms with van der Waals surface area (Å²) in [6, 6.07) is 0.175. The number of nitrogens with zero attached hydrogens (tertiary/aromatic N) is 1. The van der Waals surface area contributed by atoms with Crippen molar-refractivity contribution in [1.29, 1.82) is 0 Å². The summed E-state index contributed by atoms with van der Waals surface area (Å²) in [4.78, 5) is 4.67. The lowest BCUT2D eigenvalue weighted by molar-refractivity contribution is 0.0459. The molecule has 2 unspecified atom stereocenters. The van der Waals surface area contributed by atoms with Gasteiger partial charge in [0.05, 0.1) is 12.1 Å². The molecule has 0 saturated heterocycles. The van der Waals surface area contributed by atoms with Gasteiger partial charge in [0.15, 0.2) is 0 Å². The van der Waals surface area contributed by atoms with Gasteiger partial charge in [-0.1, -0.05) is 18.7 Å². The second-order valence-electron chi connectivity index (χ2n) is 5.20. The van der Waals surface area contributed by atoms with Crippen molar-refractivity contribution in [2.75, 3.05) is 13.7 Å². The maximum Gasteiger partial charge on any atom is 0.0824 e. The van der Waals surface area contributed by atoms with Crippen LogP contribution in [-0.2, 0) is 4.74 Å². The molecule has 108 valence electrons. The van der Waals surface area contributed by atoms with Gasteiger partial charge in [-0.3, -0.25) is 4.99 Å². The molecule has 0 radical (unpaired) electrons. The Kier molecular flexibility index (Phi) is 6.85. The summed E-state index contributed by atoms with van der Waals surface area (Å²) in [6.45, 7) is 10.7. The van der Waals surface area contributed by atoms with Gasteiger partial charge in [0.2, 0.25) is 0 Å². The molecule has 19 heavy (non-hydrogen) atoms. The summed E-state index contributed by atoms with van der Waals surface area (Å²) in [5, 5.41) is 3.21. The Hall–Kier alpha value is -1.09. The molecular weight excluding hydrogens is 236 g/mol. The zero-order valence-electron chi connectivity index (χ0n) is 12.7. The Balaban J connectivity index is 2.89. The second kappa shape index (κ2) is 8.16. The minimum absolute atomic E-state index is 0.132. The molecule has 0 aromatic heterocycles. The summed E-state index contributed by atoms with van der Waals surface area (Å²) in [5.74, 6) is 1.20. The van der Waals surface area contributed by atoms with Crippen LogP contribution in [0.1, 0.15) is 33.6 Å². The largest absolute Gasteiger partial charge is 0.392 e. The number of rotatable bonds is 9. The Morgan fingerprint density at radius 3 is 2.68 bits per heavy atom. The molecule has 1 aliphatic rings. The molecule has 1 fully saturated rings. The van der Waals surface area contributed by atoms with Crippen LogP contribution in [0.3, 0.4) is 0 Å². The summed E-state index contributed by atoms with van der Waals surface area (Å²) in [6.07, 6.45) is 8.60. The van der Waals surface area contributed by atoms with Crippen LogP contribution in [0.2, 0.25) is 0 Å². The lowest BCUT2D eigenvalue weighted by Crippen LogP contribution is -2.33. The van der Waals surface area contributed by atoms with E-state index in [9.17, 15) is 0 Å². The fourth-order valence-electron chi connectivity index (χ4n) is 2.42.